The quantitative estimate of drug-likeness (QED) is 0.914. The van der Waals surface area contributed by atoms with Crippen LogP contribution in [0.15, 0.2) is 30.5 Å². The lowest BCUT2D eigenvalue weighted by atomic mass is 10.00. The standard InChI is InChI=1S/C18H21N5O2/c1-13(2)23-11-16(20-21-23)18(25)7-9-22(12-18)17(24)15-5-3-4-14(10-15)6-8-19/h3-5,10-11,13,25H,6-7,9,12H2,1-2H3. The van der Waals surface area contributed by atoms with Gasteiger partial charge in [0.15, 0.2) is 0 Å². The molecule has 1 fully saturated rings. The van der Waals surface area contributed by atoms with E-state index in [1.165, 1.54) is 0 Å². The number of hydrogen-bond donors (Lipinski definition) is 1. The number of carbonyl (C=O) groups excluding carboxylic acids is 1. The van der Waals surface area contributed by atoms with E-state index in [0.29, 0.717) is 24.2 Å². The highest BCUT2D eigenvalue weighted by Gasteiger charge is 2.42. The molecule has 1 unspecified atom stereocenters. The van der Waals surface area contributed by atoms with Gasteiger partial charge in [-0.3, -0.25) is 4.79 Å². The van der Waals surface area contributed by atoms with E-state index in [9.17, 15) is 9.90 Å². The van der Waals surface area contributed by atoms with Crippen LogP contribution in [0.4, 0.5) is 0 Å². The van der Waals surface area contributed by atoms with Gasteiger partial charge in [0.05, 0.1) is 25.2 Å². The molecule has 25 heavy (non-hydrogen) atoms. The van der Waals surface area contributed by atoms with Gasteiger partial charge in [-0.15, -0.1) is 5.10 Å². The zero-order chi connectivity index (χ0) is 18.0. The zero-order valence-corrected chi connectivity index (χ0v) is 14.4. The third-order valence-electron chi connectivity index (χ3n) is 4.51. The van der Waals surface area contributed by atoms with Crippen LogP contribution in [-0.4, -0.2) is 44.0 Å². The van der Waals surface area contributed by atoms with E-state index >= 15 is 0 Å². The molecule has 2 aromatic rings. The summed E-state index contributed by atoms with van der Waals surface area (Å²) in [5.74, 6) is -0.146. The van der Waals surface area contributed by atoms with Crippen LogP contribution < -0.4 is 0 Å². The fraction of sp³-hybridized carbons (Fsp3) is 0.444. The number of nitrogens with zero attached hydrogens (tertiary/aromatic N) is 5. The Morgan fingerprint density at radius 3 is 2.96 bits per heavy atom. The predicted octanol–water partition coefficient (Wildman–Crippen LogP) is 1.66. The molecule has 1 aromatic heterocycles. The van der Waals surface area contributed by atoms with Gasteiger partial charge in [-0.2, -0.15) is 5.26 Å². The van der Waals surface area contributed by atoms with Gasteiger partial charge in [0.25, 0.3) is 5.91 Å². The summed E-state index contributed by atoms with van der Waals surface area (Å²) in [5.41, 5.74) is 0.660. The first-order valence-electron chi connectivity index (χ1n) is 8.33. The Morgan fingerprint density at radius 2 is 2.28 bits per heavy atom. The van der Waals surface area contributed by atoms with Crippen LogP contribution >= 0.6 is 0 Å². The molecule has 1 aliphatic heterocycles. The Balaban J connectivity index is 1.76. The normalized spacial score (nSPS) is 20.0. The summed E-state index contributed by atoms with van der Waals surface area (Å²) >= 11 is 0. The van der Waals surface area contributed by atoms with Gasteiger partial charge in [-0.05, 0) is 31.5 Å². The predicted molar refractivity (Wildman–Crippen MR) is 90.6 cm³/mol. The van der Waals surface area contributed by atoms with E-state index in [2.05, 4.69) is 16.4 Å². The molecule has 0 saturated carbocycles. The maximum atomic E-state index is 12.7. The minimum absolute atomic E-state index is 0.146. The smallest absolute Gasteiger partial charge is 0.253 e. The molecule has 1 atom stereocenters. The minimum atomic E-state index is -1.17. The Morgan fingerprint density at radius 1 is 1.48 bits per heavy atom. The molecule has 3 rings (SSSR count). The highest BCUT2D eigenvalue weighted by molar-refractivity contribution is 5.94. The van der Waals surface area contributed by atoms with Gasteiger partial charge in [-0.25, -0.2) is 4.68 Å². The van der Waals surface area contributed by atoms with Crippen LogP contribution in [-0.2, 0) is 12.0 Å². The van der Waals surface area contributed by atoms with Gasteiger partial charge in [0.1, 0.15) is 11.3 Å². The van der Waals surface area contributed by atoms with Crippen molar-refractivity contribution in [1.82, 2.24) is 19.9 Å². The van der Waals surface area contributed by atoms with Gasteiger partial charge >= 0.3 is 0 Å². The third-order valence-corrected chi connectivity index (χ3v) is 4.51. The molecule has 0 aliphatic carbocycles. The Hall–Kier alpha value is -2.72. The molecule has 2 heterocycles. The van der Waals surface area contributed by atoms with E-state index in [0.717, 1.165) is 5.56 Å². The van der Waals surface area contributed by atoms with E-state index in [-0.39, 0.29) is 24.9 Å². The Bertz CT molecular complexity index is 823. The number of amides is 1. The van der Waals surface area contributed by atoms with Gasteiger partial charge in [0, 0.05) is 24.6 Å². The lowest BCUT2D eigenvalue weighted by Crippen LogP contribution is -2.34. The first kappa shape index (κ1) is 17.1. The maximum absolute atomic E-state index is 12.7. The summed E-state index contributed by atoms with van der Waals surface area (Å²) < 4.78 is 1.70. The molecule has 1 N–H and O–H groups in total. The van der Waals surface area contributed by atoms with Crippen LogP contribution in [0.1, 0.15) is 47.9 Å². The van der Waals surface area contributed by atoms with E-state index in [1.807, 2.05) is 19.9 Å². The fourth-order valence-corrected chi connectivity index (χ4v) is 3.01. The summed E-state index contributed by atoms with van der Waals surface area (Å²) in [6.45, 7) is 4.61. The number of rotatable bonds is 4. The number of benzene rings is 1. The molecule has 0 spiro atoms. The van der Waals surface area contributed by atoms with Gasteiger partial charge in [0.2, 0.25) is 0 Å². The lowest BCUT2D eigenvalue weighted by molar-refractivity contribution is 0.0381. The highest BCUT2D eigenvalue weighted by atomic mass is 16.3. The molecule has 1 aromatic carbocycles. The van der Waals surface area contributed by atoms with Crippen molar-refractivity contribution in [3.63, 3.8) is 0 Å². The van der Waals surface area contributed by atoms with E-state index < -0.39 is 5.60 Å². The number of aromatic nitrogens is 3. The molecule has 1 saturated heterocycles. The Kier molecular flexibility index (Phi) is 4.55. The van der Waals surface area contributed by atoms with E-state index in [1.54, 1.807) is 34.0 Å². The molecule has 7 heteroatoms. The average molecular weight is 339 g/mol. The van der Waals surface area contributed by atoms with Gasteiger partial charge < -0.3 is 10.0 Å². The van der Waals surface area contributed by atoms with Crippen molar-refractivity contribution in [3.05, 3.63) is 47.3 Å². The van der Waals surface area contributed by atoms with E-state index in [4.69, 9.17) is 5.26 Å². The number of nitriles is 1. The molecule has 130 valence electrons. The second kappa shape index (κ2) is 6.65. The number of aliphatic hydroxyl groups is 1. The lowest BCUT2D eigenvalue weighted by Gasteiger charge is -2.21. The topological polar surface area (TPSA) is 95.0 Å². The minimum Gasteiger partial charge on any atom is -0.381 e. The van der Waals surface area contributed by atoms with Gasteiger partial charge in [-0.1, -0.05) is 17.3 Å². The summed E-state index contributed by atoms with van der Waals surface area (Å²) in [6.07, 6.45) is 2.43. The molecular formula is C18H21N5O2. The first-order chi connectivity index (χ1) is 11.9. The molecular weight excluding hydrogens is 318 g/mol. The summed E-state index contributed by atoms with van der Waals surface area (Å²) in [4.78, 5) is 14.4. The van der Waals surface area contributed by atoms with Crippen molar-refractivity contribution in [3.8, 4) is 6.07 Å². The second-order valence-electron chi connectivity index (χ2n) is 6.72. The zero-order valence-electron chi connectivity index (χ0n) is 14.4. The van der Waals surface area contributed by atoms with Crippen LogP contribution in [0.2, 0.25) is 0 Å². The molecule has 7 nitrogen and oxygen atoms in total. The monoisotopic (exact) mass is 339 g/mol. The van der Waals surface area contributed by atoms with Crippen molar-refractivity contribution in [2.45, 2.75) is 38.3 Å². The van der Waals surface area contributed by atoms with Crippen LogP contribution in [0.3, 0.4) is 0 Å². The van der Waals surface area contributed by atoms with Crippen LogP contribution in [0.5, 0.6) is 0 Å². The molecule has 1 amide bonds. The van der Waals surface area contributed by atoms with Crippen molar-refractivity contribution in [2.24, 2.45) is 0 Å². The number of carbonyl (C=O) groups is 1. The van der Waals surface area contributed by atoms with Crippen molar-refractivity contribution < 1.29 is 9.90 Å². The largest absolute Gasteiger partial charge is 0.381 e. The summed E-state index contributed by atoms with van der Waals surface area (Å²) in [7, 11) is 0. The summed E-state index contributed by atoms with van der Waals surface area (Å²) in [6, 6.07) is 9.31. The molecule has 0 bridgehead atoms. The number of hydrogen-bond acceptors (Lipinski definition) is 5. The van der Waals surface area contributed by atoms with Crippen LogP contribution in [0, 0.1) is 11.3 Å². The molecule has 1 aliphatic rings. The number of β-amino-alcohol motifs (C(OH)–C–C–N with tert-alkyl or cyclic N) is 1. The van der Waals surface area contributed by atoms with Crippen molar-refractivity contribution in [2.75, 3.05) is 13.1 Å². The third kappa shape index (κ3) is 3.39. The Labute approximate surface area is 146 Å². The highest BCUT2D eigenvalue weighted by Crippen LogP contribution is 2.31. The fourth-order valence-electron chi connectivity index (χ4n) is 3.01. The van der Waals surface area contributed by atoms with Crippen LogP contribution in [0.25, 0.3) is 0 Å². The second-order valence-corrected chi connectivity index (χ2v) is 6.72. The number of likely N-dealkylation sites (tertiary alicyclic amines) is 1. The summed E-state index contributed by atoms with van der Waals surface area (Å²) in [5, 5.41) is 27.8. The first-order valence-corrected chi connectivity index (χ1v) is 8.33. The van der Waals surface area contributed by atoms with Crippen molar-refractivity contribution >= 4 is 5.91 Å². The molecule has 0 radical (unpaired) electrons. The van der Waals surface area contributed by atoms with Crippen molar-refractivity contribution in [1.29, 1.82) is 5.26 Å². The SMILES string of the molecule is CC(C)n1cc(C2(O)CCN(C(=O)c3cccc(CC#N)c3)C2)nn1. The maximum Gasteiger partial charge on any atom is 0.253 e. The average Bonchev–Trinajstić information content (AvgIpc) is 3.23.